The molecule has 3 rings (SSSR count). The fraction of sp³-hybridized carbons (Fsp3) is 0.467. The molecule has 0 aliphatic heterocycles. The molecule has 26 heavy (non-hydrogen) atoms. The van der Waals surface area contributed by atoms with Crippen LogP contribution in [-0.4, -0.2) is 48.5 Å². The van der Waals surface area contributed by atoms with Crippen molar-refractivity contribution in [2.24, 2.45) is 0 Å². The molecule has 0 aliphatic rings. The molecule has 0 saturated heterocycles. The van der Waals surface area contributed by atoms with E-state index in [1.54, 1.807) is 17.1 Å². The van der Waals surface area contributed by atoms with Gasteiger partial charge < -0.3 is 15.2 Å². The summed E-state index contributed by atoms with van der Waals surface area (Å²) in [6.07, 6.45) is 0.302. The summed E-state index contributed by atoms with van der Waals surface area (Å²) < 4.78 is 39.8. The maximum atomic E-state index is 13.0. The van der Waals surface area contributed by atoms with Crippen molar-refractivity contribution < 1.29 is 18.3 Å². The first-order chi connectivity index (χ1) is 12.4. The zero-order chi connectivity index (χ0) is 18.8. The lowest BCUT2D eigenvalue weighted by Crippen LogP contribution is -2.22. The van der Waals surface area contributed by atoms with Gasteiger partial charge in [-0.25, -0.2) is 18.4 Å². The number of nitrogen functional groups attached to an aromatic ring is 1. The molecule has 0 spiro atoms. The smallest absolute Gasteiger partial charge is 0.274 e. The molecule has 2 N–H and O–H groups in total. The Morgan fingerprint density at radius 2 is 2.08 bits per heavy atom. The Labute approximate surface area is 147 Å². The quantitative estimate of drug-likeness (QED) is 0.682. The molecule has 3 aromatic rings. The van der Waals surface area contributed by atoms with Crippen LogP contribution < -0.4 is 10.5 Å². The van der Waals surface area contributed by atoms with E-state index in [1.807, 2.05) is 13.8 Å². The monoisotopic (exact) mass is 367 g/mol. The number of nitrogens with zero attached hydrogens (tertiary/aromatic N) is 6. The molecule has 2 atom stereocenters. The Morgan fingerprint density at radius 3 is 2.77 bits per heavy atom. The first-order valence-electron chi connectivity index (χ1n) is 8.02. The van der Waals surface area contributed by atoms with Crippen molar-refractivity contribution in [3.8, 4) is 17.0 Å². The summed E-state index contributed by atoms with van der Waals surface area (Å²) in [4.78, 5) is 8.31. The lowest BCUT2D eigenvalue weighted by Gasteiger charge is -2.16. The minimum absolute atomic E-state index is 0.0147. The first kappa shape index (κ1) is 18.0. The van der Waals surface area contributed by atoms with Gasteiger partial charge in [-0.2, -0.15) is 14.6 Å². The molecule has 3 aromatic heterocycles. The molecular weight excluding hydrogens is 348 g/mol. The molecule has 0 aromatic carbocycles. The summed E-state index contributed by atoms with van der Waals surface area (Å²) in [6.45, 7) is 5.51. The van der Waals surface area contributed by atoms with Crippen molar-refractivity contribution in [1.82, 2.24) is 29.4 Å². The van der Waals surface area contributed by atoms with E-state index in [0.717, 1.165) is 0 Å². The van der Waals surface area contributed by atoms with Crippen molar-refractivity contribution in [2.45, 2.75) is 39.5 Å². The molecule has 0 fully saturated rings. The highest BCUT2D eigenvalue weighted by Gasteiger charge is 2.24. The molecule has 2 unspecified atom stereocenters. The molecule has 0 aliphatic carbocycles. The summed E-state index contributed by atoms with van der Waals surface area (Å²) >= 11 is 0. The summed E-state index contributed by atoms with van der Waals surface area (Å²) in [5.74, 6) is 0.0484. The molecule has 11 heteroatoms. The lowest BCUT2D eigenvalue weighted by atomic mass is 10.2. The highest BCUT2D eigenvalue weighted by molar-refractivity contribution is 5.73. The van der Waals surface area contributed by atoms with E-state index < -0.39 is 12.5 Å². The van der Waals surface area contributed by atoms with Gasteiger partial charge in [0.2, 0.25) is 11.6 Å². The Morgan fingerprint density at radius 1 is 1.31 bits per heavy atom. The van der Waals surface area contributed by atoms with Gasteiger partial charge in [-0.05, 0) is 20.8 Å². The molecule has 3 heterocycles. The highest BCUT2D eigenvalue weighted by Crippen LogP contribution is 2.33. The van der Waals surface area contributed by atoms with Gasteiger partial charge in [0.05, 0.1) is 6.20 Å². The van der Waals surface area contributed by atoms with E-state index in [2.05, 4.69) is 20.2 Å². The minimum atomic E-state index is -2.68. The topological polar surface area (TPSA) is 105 Å². The Hall–Kier alpha value is -2.82. The van der Waals surface area contributed by atoms with E-state index in [-0.39, 0.29) is 23.6 Å². The number of fused-ring (bicyclic) bond motifs is 1. The SMILES string of the molecule is CCOC(C)n1cc(-c2ncn3nc(N)nc3c2OC(C)C(F)F)cn1. The van der Waals surface area contributed by atoms with Crippen LogP contribution in [0.25, 0.3) is 16.9 Å². The number of nitrogens with two attached hydrogens (primary N) is 1. The molecule has 0 radical (unpaired) electrons. The van der Waals surface area contributed by atoms with Gasteiger partial charge in [0.25, 0.3) is 6.43 Å². The van der Waals surface area contributed by atoms with E-state index in [9.17, 15) is 8.78 Å². The maximum Gasteiger partial charge on any atom is 0.274 e. The van der Waals surface area contributed by atoms with Gasteiger partial charge in [-0.15, -0.1) is 5.10 Å². The van der Waals surface area contributed by atoms with Crippen molar-refractivity contribution in [3.05, 3.63) is 18.7 Å². The minimum Gasteiger partial charge on any atom is -0.478 e. The van der Waals surface area contributed by atoms with Gasteiger partial charge in [0.1, 0.15) is 18.2 Å². The van der Waals surface area contributed by atoms with Crippen LogP contribution in [0.2, 0.25) is 0 Å². The average molecular weight is 367 g/mol. The molecule has 0 bridgehead atoms. The summed E-state index contributed by atoms with van der Waals surface area (Å²) in [7, 11) is 0. The second kappa shape index (κ2) is 7.20. The van der Waals surface area contributed by atoms with Crippen LogP contribution >= 0.6 is 0 Å². The van der Waals surface area contributed by atoms with Gasteiger partial charge in [-0.1, -0.05) is 0 Å². The van der Waals surface area contributed by atoms with Crippen molar-refractivity contribution >= 4 is 11.6 Å². The van der Waals surface area contributed by atoms with Crippen LogP contribution in [0.1, 0.15) is 27.0 Å². The second-order valence-electron chi connectivity index (χ2n) is 5.58. The predicted molar refractivity (Wildman–Crippen MR) is 88.8 cm³/mol. The number of aromatic nitrogens is 6. The number of hydrogen-bond donors (Lipinski definition) is 1. The molecule has 9 nitrogen and oxygen atoms in total. The number of anilines is 1. The number of ether oxygens (including phenoxy) is 2. The zero-order valence-corrected chi connectivity index (χ0v) is 14.5. The average Bonchev–Trinajstić information content (AvgIpc) is 3.21. The van der Waals surface area contributed by atoms with E-state index in [1.165, 1.54) is 17.8 Å². The van der Waals surface area contributed by atoms with Crippen molar-refractivity contribution in [3.63, 3.8) is 0 Å². The predicted octanol–water partition coefficient (Wildman–Crippen LogP) is 2.16. The molecule has 140 valence electrons. The third kappa shape index (κ3) is 3.43. The fourth-order valence-electron chi connectivity index (χ4n) is 2.38. The van der Waals surface area contributed by atoms with Crippen LogP contribution in [0, 0.1) is 0 Å². The Balaban J connectivity index is 2.07. The second-order valence-corrected chi connectivity index (χ2v) is 5.58. The largest absolute Gasteiger partial charge is 0.478 e. The Bertz CT molecular complexity index is 895. The van der Waals surface area contributed by atoms with Crippen LogP contribution in [0.15, 0.2) is 18.7 Å². The van der Waals surface area contributed by atoms with Gasteiger partial charge in [0.15, 0.2) is 11.9 Å². The Kier molecular flexibility index (Phi) is 4.98. The van der Waals surface area contributed by atoms with Crippen molar-refractivity contribution in [1.29, 1.82) is 0 Å². The third-order valence-corrected chi connectivity index (χ3v) is 3.68. The van der Waals surface area contributed by atoms with Gasteiger partial charge >= 0.3 is 0 Å². The van der Waals surface area contributed by atoms with E-state index in [4.69, 9.17) is 15.2 Å². The van der Waals surface area contributed by atoms with Crippen LogP contribution in [0.5, 0.6) is 5.75 Å². The van der Waals surface area contributed by atoms with E-state index >= 15 is 0 Å². The van der Waals surface area contributed by atoms with Crippen LogP contribution in [0.3, 0.4) is 0 Å². The van der Waals surface area contributed by atoms with Gasteiger partial charge in [-0.3, -0.25) is 0 Å². The molecular formula is C15H19F2N7O2. The maximum absolute atomic E-state index is 13.0. The lowest BCUT2D eigenvalue weighted by molar-refractivity contribution is 0.0160. The summed E-state index contributed by atoms with van der Waals surface area (Å²) in [5.41, 5.74) is 6.69. The number of rotatable bonds is 7. The summed E-state index contributed by atoms with van der Waals surface area (Å²) in [5, 5.41) is 8.16. The zero-order valence-electron chi connectivity index (χ0n) is 14.5. The standard InChI is InChI=1S/C15H19F2N7O2/c1-4-25-9(3)23-6-10(5-20-23)11-12(26-8(2)13(16)17)14-21-15(18)22-24(14)7-19-11/h5-9,13H,4H2,1-3H3,(H2,18,22). The molecule has 0 saturated carbocycles. The fourth-order valence-corrected chi connectivity index (χ4v) is 2.38. The van der Waals surface area contributed by atoms with E-state index in [0.29, 0.717) is 17.9 Å². The third-order valence-electron chi connectivity index (χ3n) is 3.68. The van der Waals surface area contributed by atoms with Crippen molar-refractivity contribution in [2.75, 3.05) is 12.3 Å². The van der Waals surface area contributed by atoms with Crippen LogP contribution in [0.4, 0.5) is 14.7 Å². The molecule has 0 amide bonds. The number of halogens is 2. The highest BCUT2D eigenvalue weighted by atomic mass is 19.3. The normalized spacial score (nSPS) is 14.1. The first-order valence-corrected chi connectivity index (χ1v) is 8.02. The number of alkyl halides is 2. The van der Waals surface area contributed by atoms with Gasteiger partial charge in [0, 0.05) is 18.4 Å². The number of hydrogen-bond acceptors (Lipinski definition) is 7. The van der Waals surface area contributed by atoms with Crippen LogP contribution in [-0.2, 0) is 4.74 Å². The summed E-state index contributed by atoms with van der Waals surface area (Å²) in [6, 6.07) is 0.